The number of aryl methyl sites for hydroxylation is 1. The van der Waals surface area contributed by atoms with Gasteiger partial charge in [-0.15, -0.1) is 5.10 Å². The molecule has 0 aliphatic heterocycles. The van der Waals surface area contributed by atoms with Crippen LogP contribution in [-0.4, -0.2) is 10.2 Å². The highest BCUT2D eigenvalue weighted by Gasteiger charge is 2.04. The Labute approximate surface area is 144 Å². The van der Waals surface area contributed by atoms with Crippen LogP contribution in [0.15, 0.2) is 46.9 Å². The van der Waals surface area contributed by atoms with E-state index >= 15 is 0 Å². The molecule has 0 radical (unpaired) electrons. The third kappa shape index (κ3) is 3.94. The van der Waals surface area contributed by atoms with Crippen molar-refractivity contribution >= 4 is 29.8 Å². The van der Waals surface area contributed by atoms with Gasteiger partial charge < -0.3 is 14.9 Å². The molecule has 0 saturated heterocycles. The minimum atomic E-state index is 0.0348. The Balaban J connectivity index is 1.68. The summed E-state index contributed by atoms with van der Waals surface area (Å²) in [6.07, 6.45) is 3.48. The third-order valence-electron chi connectivity index (χ3n) is 3.47. The number of halogens is 1. The van der Waals surface area contributed by atoms with Crippen molar-refractivity contribution in [1.29, 1.82) is 0 Å². The number of hydrogen-bond acceptors (Lipinski definition) is 5. The van der Waals surface area contributed by atoms with Crippen molar-refractivity contribution < 1.29 is 9.15 Å². The smallest absolute Gasteiger partial charge is 0.313 e. The molecule has 0 aliphatic rings. The lowest BCUT2D eigenvalue weighted by molar-refractivity contribution is 0.305. The highest BCUT2D eigenvalue weighted by Crippen LogP contribution is 2.27. The molecule has 24 heavy (non-hydrogen) atoms. The van der Waals surface area contributed by atoms with E-state index in [2.05, 4.69) is 23.2 Å². The van der Waals surface area contributed by atoms with E-state index in [-0.39, 0.29) is 6.01 Å². The molecule has 0 spiro atoms. The van der Waals surface area contributed by atoms with Crippen LogP contribution in [0.3, 0.4) is 0 Å². The zero-order valence-corrected chi connectivity index (χ0v) is 13.8. The number of aromatic nitrogens is 2. The lowest BCUT2D eigenvalue weighted by atomic mass is 10.1. The molecule has 5 nitrogen and oxygen atoms in total. The Morgan fingerprint density at radius 2 is 2.00 bits per heavy atom. The molecule has 2 aromatic carbocycles. The molecule has 3 aromatic rings. The number of ether oxygens (including phenoxy) is 1. The Kier molecular flexibility index (Phi) is 4.82. The normalized spacial score (nSPS) is 11.1. The average Bonchev–Trinajstić information content (AvgIpc) is 2.99. The van der Waals surface area contributed by atoms with Crippen molar-refractivity contribution in [3.8, 4) is 5.75 Å². The predicted octanol–water partition coefficient (Wildman–Crippen LogP) is 4.36. The molecule has 1 heterocycles. The quantitative estimate of drug-likeness (QED) is 0.746. The van der Waals surface area contributed by atoms with Crippen LogP contribution in [0.5, 0.6) is 5.75 Å². The number of rotatable bonds is 5. The zero-order valence-electron chi connectivity index (χ0n) is 13.1. The maximum Gasteiger partial charge on any atom is 0.313 e. The monoisotopic (exact) mass is 341 g/mol. The van der Waals surface area contributed by atoms with Gasteiger partial charge in [-0.05, 0) is 41.8 Å². The first-order valence-corrected chi connectivity index (χ1v) is 7.73. The second-order valence-corrected chi connectivity index (χ2v) is 5.62. The van der Waals surface area contributed by atoms with E-state index in [0.29, 0.717) is 23.3 Å². The first kappa shape index (κ1) is 16.1. The number of benzene rings is 2. The van der Waals surface area contributed by atoms with Crippen LogP contribution in [0, 0.1) is 6.92 Å². The molecule has 0 amide bonds. The van der Waals surface area contributed by atoms with E-state index in [0.717, 1.165) is 11.1 Å². The average molecular weight is 342 g/mol. The standard InChI is InChI=1S/C18H16ClN3O2/c1-12-4-2-3-5-14(12)11-23-16-8-6-13(10-15(16)19)7-9-17-21-22-18(20)24-17/h2-10H,11H2,1H3,(H2,20,22)/b9-7+. The molecule has 0 atom stereocenters. The molecular weight excluding hydrogens is 326 g/mol. The Bertz CT molecular complexity index is 874. The summed E-state index contributed by atoms with van der Waals surface area (Å²) in [5.41, 5.74) is 8.58. The molecule has 0 unspecified atom stereocenters. The lowest BCUT2D eigenvalue weighted by Gasteiger charge is -2.10. The van der Waals surface area contributed by atoms with Crippen LogP contribution in [0.1, 0.15) is 22.6 Å². The van der Waals surface area contributed by atoms with E-state index in [1.807, 2.05) is 42.5 Å². The summed E-state index contributed by atoms with van der Waals surface area (Å²) in [7, 11) is 0. The molecular formula is C18H16ClN3O2. The van der Waals surface area contributed by atoms with E-state index in [1.165, 1.54) is 5.56 Å². The van der Waals surface area contributed by atoms with Gasteiger partial charge in [-0.1, -0.05) is 47.0 Å². The van der Waals surface area contributed by atoms with Crippen LogP contribution in [0.25, 0.3) is 12.2 Å². The molecule has 122 valence electrons. The largest absolute Gasteiger partial charge is 0.487 e. The first-order valence-electron chi connectivity index (χ1n) is 7.36. The fourth-order valence-corrected chi connectivity index (χ4v) is 2.39. The third-order valence-corrected chi connectivity index (χ3v) is 3.77. The highest BCUT2D eigenvalue weighted by atomic mass is 35.5. The molecule has 0 aliphatic carbocycles. The molecule has 3 rings (SSSR count). The number of hydrogen-bond donors (Lipinski definition) is 1. The van der Waals surface area contributed by atoms with Crippen LogP contribution in [0.2, 0.25) is 5.02 Å². The number of nitrogens with two attached hydrogens (primary N) is 1. The van der Waals surface area contributed by atoms with E-state index in [4.69, 9.17) is 26.5 Å². The maximum absolute atomic E-state index is 6.29. The van der Waals surface area contributed by atoms with Gasteiger partial charge in [0.25, 0.3) is 0 Å². The van der Waals surface area contributed by atoms with Crippen LogP contribution in [0.4, 0.5) is 6.01 Å². The molecule has 0 saturated carbocycles. The Morgan fingerprint density at radius 3 is 2.71 bits per heavy atom. The molecule has 0 bridgehead atoms. The predicted molar refractivity (Wildman–Crippen MR) is 94.6 cm³/mol. The summed E-state index contributed by atoms with van der Waals surface area (Å²) in [5, 5.41) is 7.88. The van der Waals surface area contributed by atoms with Crippen LogP contribution in [-0.2, 0) is 6.61 Å². The van der Waals surface area contributed by atoms with Gasteiger partial charge in [-0.2, -0.15) is 0 Å². The fourth-order valence-electron chi connectivity index (χ4n) is 2.15. The molecule has 2 N–H and O–H groups in total. The number of nitrogens with zero attached hydrogens (tertiary/aromatic N) is 2. The maximum atomic E-state index is 6.29. The topological polar surface area (TPSA) is 74.2 Å². The van der Waals surface area contributed by atoms with Gasteiger partial charge in [0.05, 0.1) is 5.02 Å². The van der Waals surface area contributed by atoms with Crippen molar-refractivity contribution in [2.45, 2.75) is 13.5 Å². The minimum Gasteiger partial charge on any atom is -0.487 e. The molecule has 6 heteroatoms. The minimum absolute atomic E-state index is 0.0348. The van der Waals surface area contributed by atoms with Gasteiger partial charge in [0.15, 0.2) is 0 Å². The second kappa shape index (κ2) is 7.19. The Hall–Kier alpha value is -2.79. The number of nitrogen functional groups attached to an aromatic ring is 1. The Morgan fingerprint density at radius 1 is 1.17 bits per heavy atom. The van der Waals surface area contributed by atoms with Gasteiger partial charge >= 0.3 is 6.01 Å². The van der Waals surface area contributed by atoms with Crippen molar-refractivity contribution in [3.63, 3.8) is 0 Å². The van der Waals surface area contributed by atoms with Gasteiger partial charge in [0, 0.05) is 6.08 Å². The van der Waals surface area contributed by atoms with Gasteiger partial charge in [0.2, 0.25) is 5.89 Å². The first-order chi connectivity index (χ1) is 11.6. The zero-order chi connectivity index (χ0) is 16.9. The van der Waals surface area contributed by atoms with Crippen LogP contribution < -0.4 is 10.5 Å². The van der Waals surface area contributed by atoms with Crippen molar-refractivity contribution in [3.05, 3.63) is 70.1 Å². The van der Waals surface area contributed by atoms with E-state index in [1.54, 1.807) is 6.08 Å². The fraction of sp³-hybridized carbons (Fsp3) is 0.111. The van der Waals surface area contributed by atoms with E-state index < -0.39 is 0 Å². The summed E-state index contributed by atoms with van der Waals surface area (Å²) >= 11 is 6.29. The summed E-state index contributed by atoms with van der Waals surface area (Å²) in [4.78, 5) is 0. The van der Waals surface area contributed by atoms with Gasteiger partial charge in [-0.25, -0.2) is 0 Å². The van der Waals surface area contributed by atoms with Gasteiger partial charge in [0.1, 0.15) is 12.4 Å². The van der Waals surface area contributed by atoms with Crippen molar-refractivity contribution in [2.24, 2.45) is 0 Å². The van der Waals surface area contributed by atoms with Gasteiger partial charge in [-0.3, -0.25) is 0 Å². The SMILES string of the molecule is Cc1ccccc1COc1ccc(/C=C/c2nnc(N)o2)cc1Cl. The summed E-state index contributed by atoms with van der Waals surface area (Å²) in [6, 6.07) is 13.7. The van der Waals surface area contributed by atoms with Crippen molar-refractivity contribution in [2.75, 3.05) is 5.73 Å². The second-order valence-electron chi connectivity index (χ2n) is 5.22. The molecule has 0 fully saturated rings. The summed E-state index contributed by atoms with van der Waals surface area (Å²) in [6.45, 7) is 2.53. The number of anilines is 1. The summed E-state index contributed by atoms with van der Waals surface area (Å²) in [5.74, 6) is 0.975. The van der Waals surface area contributed by atoms with Crippen LogP contribution >= 0.6 is 11.6 Å². The lowest BCUT2D eigenvalue weighted by Crippen LogP contribution is -1.98. The molecule has 1 aromatic heterocycles. The summed E-state index contributed by atoms with van der Waals surface area (Å²) < 4.78 is 10.9. The van der Waals surface area contributed by atoms with E-state index in [9.17, 15) is 0 Å². The highest BCUT2D eigenvalue weighted by molar-refractivity contribution is 6.32. The van der Waals surface area contributed by atoms with Crippen molar-refractivity contribution in [1.82, 2.24) is 10.2 Å².